The van der Waals surface area contributed by atoms with Gasteiger partial charge in [0, 0.05) is 10.4 Å². The van der Waals surface area contributed by atoms with Crippen LogP contribution < -0.4 is 10.1 Å². The lowest BCUT2D eigenvalue weighted by Crippen LogP contribution is -2.11. The van der Waals surface area contributed by atoms with Gasteiger partial charge in [0.25, 0.3) is 5.91 Å². The van der Waals surface area contributed by atoms with Crippen LogP contribution in [0.2, 0.25) is 0 Å². The van der Waals surface area contributed by atoms with Crippen molar-refractivity contribution in [3.05, 3.63) is 40.4 Å². The van der Waals surface area contributed by atoms with Gasteiger partial charge in [-0.3, -0.25) is 10.1 Å². The van der Waals surface area contributed by atoms with E-state index in [1.165, 1.54) is 11.3 Å². The van der Waals surface area contributed by atoms with E-state index >= 15 is 0 Å². The Morgan fingerprint density at radius 3 is 2.44 bits per heavy atom. The van der Waals surface area contributed by atoms with Crippen molar-refractivity contribution in [2.75, 3.05) is 12.4 Å². The number of nitrogens with zero attached hydrogens (tertiary/aromatic N) is 1. The van der Waals surface area contributed by atoms with Gasteiger partial charge in [-0.15, -0.1) is 11.3 Å². The molecule has 2 aromatic rings. The summed E-state index contributed by atoms with van der Waals surface area (Å²) in [6.45, 7) is 3.91. The fourth-order valence-corrected chi connectivity index (χ4v) is 2.25. The number of carbonyl (C=O) groups is 1. The van der Waals surface area contributed by atoms with Gasteiger partial charge in [0.15, 0.2) is 5.13 Å². The molecule has 0 radical (unpaired) electrons. The number of amides is 1. The van der Waals surface area contributed by atoms with E-state index in [9.17, 15) is 4.79 Å². The van der Waals surface area contributed by atoms with Gasteiger partial charge in [0.05, 0.1) is 12.8 Å². The summed E-state index contributed by atoms with van der Waals surface area (Å²) >= 11 is 1.48. The number of aryl methyl sites for hydroxylation is 2. The van der Waals surface area contributed by atoms with Gasteiger partial charge in [-0.05, 0) is 38.1 Å². The van der Waals surface area contributed by atoms with Crippen molar-refractivity contribution in [3.63, 3.8) is 0 Å². The minimum atomic E-state index is -0.161. The minimum absolute atomic E-state index is 0.161. The SMILES string of the molecule is COc1ccc(C(=O)Nc2nc(C)c(C)s2)cc1. The third-order valence-corrected chi connectivity index (χ3v) is 3.59. The molecule has 1 amide bonds. The van der Waals surface area contributed by atoms with Crippen LogP contribution in [0.15, 0.2) is 24.3 Å². The molecule has 1 N–H and O–H groups in total. The number of benzene rings is 1. The number of anilines is 1. The second-order valence-electron chi connectivity index (χ2n) is 3.84. The highest BCUT2D eigenvalue weighted by atomic mass is 32.1. The highest BCUT2D eigenvalue weighted by Crippen LogP contribution is 2.22. The molecule has 0 unspecified atom stereocenters. The molecule has 0 aliphatic carbocycles. The highest BCUT2D eigenvalue weighted by molar-refractivity contribution is 7.15. The summed E-state index contributed by atoms with van der Waals surface area (Å²) in [5.41, 5.74) is 1.53. The second kappa shape index (κ2) is 5.18. The lowest BCUT2D eigenvalue weighted by Gasteiger charge is -2.03. The van der Waals surface area contributed by atoms with Gasteiger partial charge in [-0.1, -0.05) is 0 Å². The van der Waals surface area contributed by atoms with Gasteiger partial charge < -0.3 is 4.74 Å². The van der Waals surface area contributed by atoms with Crippen molar-refractivity contribution in [1.29, 1.82) is 0 Å². The van der Waals surface area contributed by atoms with Crippen LogP contribution in [-0.4, -0.2) is 18.0 Å². The number of rotatable bonds is 3. The molecule has 5 heteroatoms. The Bertz CT molecular complexity index is 541. The van der Waals surface area contributed by atoms with Crippen molar-refractivity contribution in [1.82, 2.24) is 4.98 Å². The van der Waals surface area contributed by atoms with E-state index in [0.29, 0.717) is 10.7 Å². The smallest absolute Gasteiger partial charge is 0.257 e. The van der Waals surface area contributed by atoms with Crippen molar-refractivity contribution in [2.24, 2.45) is 0 Å². The molecule has 0 aliphatic rings. The van der Waals surface area contributed by atoms with Gasteiger partial charge >= 0.3 is 0 Å². The van der Waals surface area contributed by atoms with Crippen LogP contribution in [0.1, 0.15) is 20.9 Å². The first-order valence-corrected chi connectivity index (χ1v) is 6.31. The predicted molar refractivity (Wildman–Crippen MR) is 72.5 cm³/mol. The number of nitrogens with one attached hydrogen (secondary N) is 1. The fourth-order valence-electron chi connectivity index (χ4n) is 1.44. The van der Waals surface area contributed by atoms with Gasteiger partial charge in [0.2, 0.25) is 0 Å². The first-order valence-electron chi connectivity index (χ1n) is 5.49. The number of ether oxygens (including phenoxy) is 1. The number of carbonyl (C=O) groups excluding carboxylic acids is 1. The molecule has 94 valence electrons. The van der Waals surface area contributed by atoms with E-state index in [4.69, 9.17) is 4.74 Å². The van der Waals surface area contributed by atoms with E-state index in [2.05, 4.69) is 10.3 Å². The van der Waals surface area contributed by atoms with Crippen LogP contribution >= 0.6 is 11.3 Å². The quantitative estimate of drug-likeness (QED) is 0.925. The third kappa shape index (κ3) is 2.68. The molecule has 4 nitrogen and oxygen atoms in total. The van der Waals surface area contributed by atoms with E-state index in [0.717, 1.165) is 16.3 Å². The molecule has 0 spiro atoms. The van der Waals surface area contributed by atoms with Crippen LogP contribution in [0.5, 0.6) is 5.75 Å². The first kappa shape index (κ1) is 12.6. The lowest BCUT2D eigenvalue weighted by atomic mass is 10.2. The molecule has 18 heavy (non-hydrogen) atoms. The molecule has 1 aromatic heterocycles. The molecular weight excluding hydrogens is 248 g/mol. The number of hydrogen-bond donors (Lipinski definition) is 1. The van der Waals surface area contributed by atoms with Crippen LogP contribution in [0, 0.1) is 13.8 Å². The Hall–Kier alpha value is -1.88. The molecular formula is C13H14N2O2S. The summed E-state index contributed by atoms with van der Waals surface area (Å²) in [7, 11) is 1.59. The first-order chi connectivity index (χ1) is 8.60. The standard InChI is InChI=1S/C13H14N2O2S/c1-8-9(2)18-13(14-8)15-12(16)10-4-6-11(17-3)7-5-10/h4-7H,1-3H3,(H,14,15,16). The Balaban J connectivity index is 2.11. The zero-order valence-electron chi connectivity index (χ0n) is 10.5. The summed E-state index contributed by atoms with van der Waals surface area (Å²) in [5.74, 6) is 0.568. The van der Waals surface area contributed by atoms with Gasteiger partial charge in [0.1, 0.15) is 5.75 Å². The summed E-state index contributed by atoms with van der Waals surface area (Å²) in [6.07, 6.45) is 0. The largest absolute Gasteiger partial charge is 0.497 e. The highest BCUT2D eigenvalue weighted by Gasteiger charge is 2.09. The molecule has 0 saturated heterocycles. The zero-order valence-corrected chi connectivity index (χ0v) is 11.3. The third-order valence-electron chi connectivity index (χ3n) is 2.60. The molecule has 0 aliphatic heterocycles. The van der Waals surface area contributed by atoms with E-state index in [1.54, 1.807) is 31.4 Å². The average Bonchev–Trinajstić information content (AvgIpc) is 2.68. The summed E-state index contributed by atoms with van der Waals surface area (Å²) in [6, 6.07) is 6.96. The number of aromatic nitrogens is 1. The molecule has 1 heterocycles. The summed E-state index contributed by atoms with van der Waals surface area (Å²) in [4.78, 5) is 17.3. The minimum Gasteiger partial charge on any atom is -0.497 e. The van der Waals surface area contributed by atoms with Crippen molar-refractivity contribution >= 4 is 22.4 Å². The second-order valence-corrected chi connectivity index (χ2v) is 5.05. The molecule has 1 aromatic carbocycles. The topological polar surface area (TPSA) is 51.2 Å². The van der Waals surface area contributed by atoms with Gasteiger partial charge in [-0.25, -0.2) is 4.98 Å². The maximum Gasteiger partial charge on any atom is 0.257 e. The zero-order chi connectivity index (χ0) is 13.1. The predicted octanol–water partition coefficient (Wildman–Crippen LogP) is 3.02. The maximum atomic E-state index is 11.9. The van der Waals surface area contributed by atoms with E-state index in [-0.39, 0.29) is 5.91 Å². The molecule has 0 fully saturated rings. The Morgan fingerprint density at radius 1 is 1.28 bits per heavy atom. The van der Waals surface area contributed by atoms with Crippen LogP contribution in [0.4, 0.5) is 5.13 Å². The van der Waals surface area contributed by atoms with Crippen LogP contribution in [0.25, 0.3) is 0 Å². The van der Waals surface area contributed by atoms with E-state index < -0.39 is 0 Å². The Labute approximate surface area is 110 Å². The number of hydrogen-bond acceptors (Lipinski definition) is 4. The van der Waals surface area contributed by atoms with Crippen molar-refractivity contribution in [2.45, 2.75) is 13.8 Å². The fraction of sp³-hybridized carbons (Fsp3) is 0.231. The lowest BCUT2D eigenvalue weighted by molar-refractivity contribution is 0.102. The van der Waals surface area contributed by atoms with Crippen molar-refractivity contribution < 1.29 is 9.53 Å². The molecule has 2 rings (SSSR count). The molecule has 0 saturated carbocycles. The number of thiazole rings is 1. The normalized spacial score (nSPS) is 10.2. The number of methoxy groups -OCH3 is 1. The van der Waals surface area contributed by atoms with Crippen molar-refractivity contribution in [3.8, 4) is 5.75 Å². The van der Waals surface area contributed by atoms with Gasteiger partial charge in [-0.2, -0.15) is 0 Å². The monoisotopic (exact) mass is 262 g/mol. The van der Waals surface area contributed by atoms with Crippen LogP contribution in [0.3, 0.4) is 0 Å². The average molecular weight is 262 g/mol. The molecule has 0 bridgehead atoms. The van der Waals surface area contributed by atoms with E-state index in [1.807, 2.05) is 13.8 Å². The maximum absolute atomic E-state index is 11.9. The van der Waals surface area contributed by atoms with Crippen LogP contribution in [-0.2, 0) is 0 Å². The summed E-state index contributed by atoms with van der Waals surface area (Å²) in [5, 5.41) is 3.42. The Morgan fingerprint density at radius 2 is 1.94 bits per heavy atom. The summed E-state index contributed by atoms with van der Waals surface area (Å²) < 4.78 is 5.04. The Kier molecular flexibility index (Phi) is 3.62. The molecule has 0 atom stereocenters.